The fourth-order valence-electron chi connectivity index (χ4n) is 3.12. The summed E-state index contributed by atoms with van der Waals surface area (Å²) in [6.45, 7) is 5.92. The molecule has 0 radical (unpaired) electrons. The van der Waals surface area contributed by atoms with Crippen LogP contribution in [0, 0.1) is 0 Å². The number of hydrogen-bond donors (Lipinski definition) is 0. The summed E-state index contributed by atoms with van der Waals surface area (Å²) in [6.07, 6.45) is 0.694. The maximum atomic E-state index is 12.9. The van der Waals surface area contributed by atoms with Gasteiger partial charge < -0.3 is 4.90 Å². The number of aromatic nitrogens is 1. The van der Waals surface area contributed by atoms with Crippen LogP contribution in [0.2, 0.25) is 0 Å². The molecule has 3 rings (SSSR count). The molecular formula is C19H20F3N3. The minimum Gasteiger partial charge on any atom is -0.370 e. The summed E-state index contributed by atoms with van der Waals surface area (Å²) in [4.78, 5) is 10.9. The zero-order chi connectivity index (χ0) is 18.0. The Morgan fingerprint density at radius 1 is 1.16 bits per heavy atom. The van der Waals surface area contributed by atoms with E-state index in [0.717, 1.165) is 54.2 Å². The lowest BCUT2D eigenvalue weighted by Gasteiger charge is -2.24. The third kappa shape index (κ3) is 3.52. The number of rotatable bonds is 5. The minimum atomic E-state index is -4.35. The molecule has 0 aliphatic carbocycles. The minimum absolute atomic E-state index is 0.408. The highest BCUT2D eigenvalue weighted by molar-refractivity contribution is 6.10. The Morgan fingerprint density at radius 3 is 2.64 bits per heavy atom. The number of pyridine rings is 1. The van der Waals surface area contributed by atoms with Crippen molar-refractivity contribution in [3.05, 3.63) is 53.3 Å². The van der Waals surface area contributed by atoms with Gasteiger partial charge in [-0.15, -0.1) is 0 Å². The molecule has 132 valence electrons. The molecular weight excluding hydrogens is 327 g/mol. The Bertz CT molecular complexity index is 797. The normalized spacial score (nSPS) is 13.6. The summed E-state index contributed by atoms with van der Waals surface area (Å²) < 4.78 is 38.7. The van der Waals surface area contributed by atoms with Crippen molar-refractivity contribution in [3.63, 3.8) is 0 Å². The molecule has 0 unspecified atom stereocenters. The molecule has 0 fully saturated rings. The van der Waals surface area contributed by atoms with E-state index in [9.17, 15) is 13.2 Å². The molecule has 1 aromatic carbocycles. The Morgan fingerprint density at radius 2 is 1.96 bits per heavy atom. The predicted octanol–water partition coefficient (Wildman–Crippen LogP) is 5.01. The first-order chi connectivity index (χ1) is 11.9. The van der Waals surface area contributed by atoms with Gasteiger partial charge in [0.05, 0.1) is 28.8 Å². The number of aliphatic imine (C=N–C) groups is 1. The molecule has 1 aliphatic heterocycles. The maximum absolute atomic E-state index is 12.9. The van der Waals surface area contributed by atoms with Crippen LogP contribution < -0.4 is 4.90 Å². The second kappa shape index (κ2) is 6.86. The highest BCUT2D eigenvalue weighted by Crippen LogP contribution is 2.37. The van der Waals surface area contributed by atoms with Crippen LogP contribution >= 0.6 is 0 Å². The van der Waals surface area contributed by atoms with Crippen molar-refractivity contribution in [1.29, 1.82) is 0 Å². The summed E-state index contributed by atoms with van der Waals surface area (Å²) >= 11 is 0. The molecule has 25 heavy (non-hydrogen) atoms. The van der Waals surface area contributed by atoms with Crippen LogP contribution in [-0.2, 0) is 12.6 Å². The lowest BCUT2D eigenvalue weighted by atomic mass is 10.0. The first-order valence-electron chi connectivity index (χ1n) is 8.41. The SMILES string of the molecule is CCCN(CC)c1cnccc1C1=Nc2cc(C(F)(F)F)ccc2C1. The molecule has 0 saturated heterocycles. The fraction of sp³-hybridized carbons (Fsp3) is 0.368. The Labute approximate surface area is 145 Å². The van der Waals surface area contributed by atoms with Crippen LogP contribution in [-0.4, -0.2) is 23.8 Å². The summed E-state index contributed by atoms with van der Waals surface area (Å²) in [5, 5.41) is 0. The van der Waals surface area contributed by atoms with Gasteiger partial charge >= 0.3 is 6.18 Å². The van der Waals surface area contributed by atoms with Crippen LogP contribution in [0.3, 0.4) is 0 Å². The number of anilines is 1. The van der Waals surface area contributed by atoms with Crippen molar-refractivity contribution in [2.75, 3.05) is 18.0 Å². The summed E-state index contributed by atoms with van der Waals surface area (Å²) in [5.74, 6) is 0. The molecule has 0 saturated carbocycles. The van der Waals surface area contributed by atoms with Gasteiger partial charge in [-0.25, -0.2) is 0 Å². The third-order valence-corrected chi connectivity index (χ3v) is 4.35. The fourth-order valence-corrected chi connectivity index (χ4v) is 3.12. The number of alkyl halides is 3. The number of benzene rings is 1. The van der Waals surface area contributed by atoms with E-state index < -0.39 is 11.7 Å². The first kappa shape index (κ1) is 17.5. The van der Waals surface area contributed by atoms with Crippen molar-refractivity contribution in [3.8, 4) is 0 Å². The Kier molecular flexibility index (Phi) is 4.79. The van der Waals surface area contributed by atoms with E-state index in [4.69, 9.17) is 0 Å². The van der Waals surface area contributed by atoms with E-state index in [1.807, 2.05) is 6.07 Å². The van der Waals surface area contributed by atoms with Crippen LogP contribution in [0.25, 0.3) is 0 Å². The molecule has 0 N–H and O–H groups in total. The number of halogens is 3. The topological polar surface area (TPSA) is 28.5 Å². The van der Waals surface area contributed by atoms with E-state index in [1.165, 1.54) is 6.07 Å². The molecule has 0 amide bonds. The molecule has 1 aromatic heterocycles. The summed E-state index contributed by atoms with van der Waals surface area (Å²) in [7, 11) is 0. The van der Waals surface area contributed by atoms with Crippen molar-refractivity contribution >= 4 is 17.1 Å². The van der Waals surface area contributed by atoms with Crippen molar-refractivity contribution in [2.45, 2.75) is 32.9 Å². The van der Waals surface area contributed by atoms with E-state index >= 15 is 0 Å². The van der Waals surface area contributed by atoms with E-state index in [1.54, 1.807) is 12.4 Å². The van der Waals surface area contributed by atoms with Crippen molar-refractivity contribution in [1.82, 2.24) is 4.98 Å². The first-order valence-corrected chi connectivity index (χ1v) is 8.41. The third-order valence-electron chi connectivity index (χ3n) is 4.35. The quantitative estimate of drug-likeness (QED) is 0.760. The highest BCUT2D eigenvalue weighted by Gasteiger charge is 2.32. The average Bonchev–Trinajstić information content (AvgIpc) is 3.02. The largest absolute Gasteiger partial charge is 0.416 e. The second-order valence-electron chi connectivity index (χ2n) is 6.05. The van der Waals surface area contributed by atoms with Crippen LogP contribution in [0.1, 0.15) is 37.0 Å². The van der Waals surface area contributed by atoms with E-state index in [2.05, 4.69) is 28.7 Å². The molecule has 3 nitrogen and oxygen atoms in total. The van der Waals surface area contributed by atoms with Gasteiger partial charge in [0.15, 0.2) is 0 Å². The van der Waals surface area contributed by atoms with Gasteiger partial charge in [-0.1, -0.05) is 13.0 Å². The van der Waals surface area contributed by atoms with Gasteiger partial charge in [0.1, 0.15) is 0 Å². The number of fused-ring (bicyclic) bond motifs is 1. The Hall–Kier alpha value is -2.37. The van der Waals surface area contributed by atoms with Gasteiger partial charge in [-0.05, 0) is 37.1 Å². The summed E-state index contributed by atoms with van der Waals surface area (Å²) in [6, 6.07) is 5.68. The molecule has 1 aliphatic rings. The van der Waals surface area contributed by atoms with Crippen LogP contribution in [0.4, 0.5) is 24.5 Å². The van der Waals surface area contributed by atoms with Crippen molar-refractivity contribution < 1.29 is 13.2 Å². The zero-order valence-corrected chi connectivity index (χ0v) is 14.3. The monoisotopic (exact) mass is 347 g/mol. The average molecular weight is 347 g/mol. The number of nitrogens with zero attached hydrogens (tertiary/aromatic N) is 3. The van der Waals surface area contributed by atoms with Gasteiger partial charge in [-0.2, -0.15) is 13.2 Å². The maximum Gasteiger partial charge on any atom is 0.416 e. The van der Waals surface area contributed by atoms with E-state index in [0.29, 0.717) is 12.1 Å². The second-order valence-corrected chi connectivity index (χ2v) is 6.05. The van der Waals surface area contributed by atoms with Gasteiger partial charge in [0.2, 0.25) is 0 Å². The Balaban J connectivity index is 1.98. The number of hydrogen-bond acceptors (Lipinski definition) is 3. The lowest BCUT2D eigenvalue weighted by molar-refractivity contribution is -0.137. The summed E-state index contributed by atoms with van der Waals surface area (Å²) in [5.41, 5.74) is 3.29. The van der Waals surface area contributed by atoms with Crippen LogP contribution in [0.15, 0.2) is 41.7 Å². The molecule has 0 spiro atoms. The van der Waals surface area contributed by atoms with Crippen LogP contribution in [0.5, 0.6) is 0 Å². The predicted molar refractivity (Wildman–Crippen MR) is 93.8 cm³/mol. The zero-order valence-electron chi connectivity index (χ0n) is 14.3. The molecule has 0 bridgehead atoms. The molecule has 2 aromatic rings. The van der Waals surface area contributed by atoms with Gasteiger partial charge in [-0.3, -0.25) is 9.98 Å². The van der Waals surface area contributed by atoms with Crippen molar-refractivity contribution in [2.24, 2.45) is 4.99 Å². The van der Waals surface area contributed by atoms with Gasteiger partial charge in [0.25, 0.3) is 0 Å². The standard InChI is InChI=1S/C19H20F3N3/c1-3-9-25(4-2)18-12-23-8-7-15(18)17-10-13-5-6-14(19(20,21)22)11-16(13)24-17/h5-8,11-12H,3-4,9-10H2,1-2H3. The van der Waals surface area contributed by atoms with E-state index in [-0.39, 0.29) is 0 Å². The molecule has 2 heterocycles. The molecule has 0 atom stereocenters. The smallest absolute Gasteiger partial charge is 0.370 e. The lowest BCUT2D eigenvalue weighted by Crippen LogP contribution is -2.25. The van der Waals surface area contributed by atoms with Gasteiger partial charge in [0, 0.05) is 31.3 Å². The highest BCUT2D eigenvalue weighted by atomic mass is 19.4. The molecule has 6 heteroatoms.